The molecule has 0 aliphatic heterocycles. The van der Waals surface area contributed by atoms with E-state index in [0.29, 0.717) is 18.4 Å². The molecule has 1 N–H and O–H groups in total. The standard InChI is InChI=1S/C15H25N3O2/c1-12(2)17-9-8-16-14(15(17)20)18(10-11-19)13-6-4-3-5-7-13/h8-9,12-13,19H,3-7,10-11H2,1-2H3. The monoisotopic (exact) mass is 279 g/mol. The normalized spacial score (nSPS) is 16.6. The fourth-order valence-electron chi connectivity index (χ4n) is 2.98. The first-order valence-electron chi connectivity index (χ1n) is 7.59. The molecule has 20 heavy (non-hydrogen) atoms. The lowest BCUT2D eigenvalue weighted by Gasteiger charge is -2.34. The Morgan fingerprint density at radius 3 is 2.70 bits per heavy atom. The summed E-state index contributed by atoms with van der Waals surface area (Å²) >= 11 is 0. The largest absolute Gasteiger partial charge is 0.395 e. The fourth-order valence-corrected chi connectivity index (χ4v) is 2.98. The Kier molecular flexibility index (Phi) is 5.17. The number of hydrogen-bond donors (Lipinski definition) is 1. The van der Waals surface area contributed by atoms with E-state index in [2.05, 4.69) is 4.98 Å². The molecule has 1 fully saturated rings. The summed E-state index contributed by atoms with van der Waals surface area (Å²) in [4.78, 5) is 18.9. The van der Waals surface area contributed by atoms with Crippen LogP contribution in [0.2, 0.25) is 0 Å². The van der Waals surface area contributed by atoms with Crippen LogP contribution < -0.4 is 10.5 Å². The van der Waals surface area contributed by atoms with E-state index in [4.69, 9.17) is 0 Å². The highest BCUT2D eigenvalue weighted by atomic mass is 16.3. The molecule has 0 unspecified atom stereocenters. The fraction of sp³-hybridized carbons (Fsp3) is 0.733. The molecule has 2 rings (SSSR count). The zero-order chi connectivity index (χ0) is 14.5. The van der Waals surface area contributed by atoms with E-state index in [-0.39, 0.29) is 18.2 Å². The minimum Gasteiger partial charge on any atom is -0.395 e. The second kappa shape index (κ2) is 6.88. The van der Waals surface area contributed by atoms with Gasteiger partial charge >= 0.3 is 0 Å². The van der Waals surface area contributed by atoms with Crippen molar-refractivity contribution in [2.45, 2.75) is 58.0 Å². The quantitative estimate of drug-likeness (QED) is 0.895. The first kappa shape index (κ1) is 15.0. The van der Waals surface area contributed by atoms with Crippen molar-refractivity contribution in [1.82, 2.24) is 9.55 Å². The van der Waals surface area contributed by atoms with E-state index < -0.39 is 0 Å². The van der Waals surface area contributed by atoms with E-state index in [1.165, 1.54) is 19.3 Å². The molecule has 0 radical (unpaired) electrons. The highest BCUT2D eigenvalue weighted by Gasteiger charge is 2.24. The summed E-state index contributed by atoms with van der Waals surface area (Å²) in [6.45, 7) is 4.51. The van der Waals surface area contributed by atoms with Gasteiger partial charge in [-0.3, -0.25) is 4.79 Å². The smallest absolute Gasteiger partial charge is 0.293 e. The molecule has 0 atom stereocenters. The van der Waals surface area contributed by atoms with E-state index in [1.54, 1.807) is 17.0 Å². The number of hydrogen-bond acceptors (Lipinski definition) is 4. The predicted molar refractivity (Wildman–Crippen MR) is 80.2 cm³/mol. The molecule has 1 aliphatic carbocycles. The molecule has 1 aliphatic rings. The van der Waals surface area contributed by atoms with Crippen molar-refractivity contribution in [2.24, 2.45) is 0 Å². The van der Waals surface area contributed by atoms with E-state index in [1.807, 2.05) is 18.7 Å². The molecule has 0 saturated heterocycles. The summed E-state index contributed by atoms with van der Waals surface area (Å²) in [6.07, 6.45) is 9.23. The van der Waals surface area contributed by atoms with E-state index in [9.17, 15) is 9.90 Å². The van der Waals surface area contributed by atoms with Crippen molar-refractivity contribution in [3.63, 3.8) is 0 Å². The maximum atomic E-state index is 12.5. The van der Waals surface area contributed by atoms with Crippen molar-refractivity contribution >= 4 is 5.82 Å². The van der Waals surface area contributed by atoms with Gasteiger partial charge in [0.25, 0.3) is 5.56 Å². The van der Waals surface area contributed by atoms with Crippen LogP contribution in [0, 0.1) is 0 Å². The molecule has 5 heteroatoms. The molecule has 0 amide bonds. The Bertz CT molecular complexity index is 478. The summed E-state index contributed by atoms with van der Waals surface area (Å²) in [5, 5.41) is 9.32. The van der Waals surface area contributed by atoms with Crippen molar-refractivity contribution in [3.8, 4) is 0 Å². The second-order valence-electron chi connectivity index (χ2n) is 5.77. The lowest BCUT2D eigenvalue weighted by atomic mass is 9.94. The molecule has 112 valence electrons. The van der Waals surface area contributed by atoms with Gasteiger partial charge in [0.15, 0.2) is 5.82 Å². The summed E-state index contributed by atoms with van der Waals surface area (Å²) in [6, 6.07) is 0.450. The van der Waals surface area contributed by atoms with Gasteiger partial charge < -0.3 is 14.6 Å². The summed E-state index contributed by atoms with van der Waals surface area (Å²) < 4.78 is 1.70. The zero-order valence-electron chi connectivity index (χ0n) is 12.5. The Hall–Kier alpha value is -1.36. The maximum absolute atomic E-state index is 12.5. The minimum absolute atomic E-state index is 0.0498. The average molecular weight is 279 g/mol. The van der Waals surface area contributed by atoms with Crippen LogP contribution in [-0.4, -0.2) is 33.9 Å². The Labute approximate surface area is 120 Å². The van der Waals surface area contributed by atoms with Crippen LogP contribution in [0.25, 0.3) is 0 Å². The molecule has 0 bridgehead atoms. The van der Waals surface area contributed by atoms with Crippen LogP contribution >= 0.6 is 0 Å². The van der Waals surface area contributed by atoms with Crippen LogP contribution in [0.1, 0.15) is 52.0 Å². The number of aliphatic hydroxyl groups excluding tert-OH is 1. The molecule has 0 spiro atoms. The lowest BCUT2D eigenvalue weighted by Crippen LogP contribution is -2.43. The van der Waals surface area contributed by atoms with Gasteiger partial charge in [-0.2, -0.15) is 0 Å². The highest BCUT2D eigenvalue weighted by Crippen LogP contribution is 2.24. The number of rotatable bonds is 5. The molecular weight excluding hydrogens is 254 g/mol. The Balaban J connectivity index is 2.33. The van der Waals surface area contributed by atoms with Crippen molar-refractivity contribution in [2.75, 3.05) is 18.1 Å². The van der Waals surface area contributed by atoms with Crippen LogP contribution in [0.3, 0.4) is 0 Å². The van der Waals surface area contributed by atoms with E-state index >= 15 is 0 Å². The summed E-state index contributed by atoms with van der Waals surface area (Å²) in [5.41, 5.74) is -0.0541. The molecule has 1 aromatic heterocycles. The van der Waals surface area contributed by atoms with Gasteiger partial charge in [0.2, 0.25) is 0 Å². The van der Waals surface area contributed by atoms with Crippen LogP contribution in [0.4, 0.5) is 5.82 Å². The topological polar surface area (TPSA) is 58.4 Å². The van der Waals surface area contributed by atoms with Gasteiger partial charge in [0.05, 0.1) is 6.61 Å². The number of aliphatic hydroxyl groups is 1. The number of anilines is 1. The SMILES string of the molecule is CC(C)n1ccnc(N(CCO)C2CCCCC2)c1=O. The Morgan fingerprint density at radius 1 is 1.40 bits per heavy atom. The van der Waals surface area contributed by atoms with Gasteiger partial charge in [0, 0.05) is 31.0 Å². The van der Waals surface area contributed by atoms with Crippen LogP contribution in [-0.2, 0) is 0 Å². The van der Waals surface area contributed by atoms with Crippen LogP contribution in [0.15, 0.2) is 17.2 Å². The number of nitrogens with zero attached hydrogens (tertiary/aromatic N) is 3. The average Bonchev–Trinajstić information content (AvgIpc) is 2.46. The molecule has 0 aromatic carbocycles. The second-order valence-corrected chi connectivity index (χ2v) is 5.77. The van der Waals surface area contributed by atoms with Crippen molar-refractivity contribution < 1.29 is 5.11 Å². The Morgan fingerprint density at radius 2 is 2.10 bits per heavy atom. The maximum Gasteiger partial charge on any atom is 0.293 e. The third-order valence-electron chi connectivity index (χ3n) is 4.03. The van der Waals surface area contributed by atoms with Crippen molar-refractivity contribution in [3.05, 3.63) is 22.7 Å². The molecule has 1 aromatic rings. The summed E-state index contributed by atoms with van der Waals surface area (Å²) in [7, 11) is 0. The first-order chi connectivity index (χ1) is 9.65. The van der Waals surface area contributed by atoms with Gasteiger partial charge in [-0.05, 0) is 26.7 Å². The third-order valence-corrected chi connectivity index (χ3v) is 4.03. The van der Waals surface area contributed by atoms with Gasteiger partial charge in [-0.25, -0.2) is 4.98 Å². The minimum atomic E-state index is -0.0541. The molecule has 1 saturated carbocycles. The zero-order valence-corrected chi connectivity index (χ0v) is 12.5. The van der Waals surface area contributed by atoms with E-state index in [0.717, 1.165) is 12.8 Å². The first-order valence-corrected chi connectivity index (χ1v) is 7.59. The van der Waals surface area contributed by atoms with Crippen LogP contribution in [0.5, 0.6) is 0 Å². The van der Waals surface area contributed by atoms with Gasteiger partial charge in [0.1, 0.15) is 0 Å². The third kappa shape index (κ3) is 3.20. The predicted octanol–water partition coefficient (Wildman–Crippen LogP) is 1.96. The van der Waals surface area contributed by atoms with Gasteiger partial charge in [-0.15, -0.1) is 0 Å². The lowest BCUT2D eigenvalue weighted by molar-refractivity contribution is 0.289. The van der Waals surface area contributed by atoms with Gasteiger partial charge in [-0.1, -0.05) is 19.3 Å². The molecule has 5 nitrogen and oxygen atoms in total. The summed E-state index contributed by atoms with van der Waals surface area (Å²) in [5.74, 6) is 0.488. The molecule has 1 heterocycles. The van der Waals surface area contributed by atoms with Crippen molar-refractivity contribution in [1.29, 1.82) is 0 Å². The number of aromatic nitrogens is 2. The highest BCUT2D eigenvalue weighted by molar-refractivity contribution is 5.37. The molecular formula is C15H25N3O2.